The Kier molecular flexibility index (Phi) is 7.61. The van der Waals surface area contributed by atoms with E-state index in [9.17, 15) is 18.8 Å². The summed E-state index contributed by atoms with van der Waals surface area (Å²) in [6, 6.07) is 16.2. The van der Waals surface area contributed by atoms with Crippen LogP contribution in [0.5, 0.6) is 0 Å². The van der Waals surface area contributed by atoms with Gasteiger partial charge in [0.1, 0.15) is 5.82 Å². The van der Waals surface area contributed by atoms with Crippen LogP contribution >= 0.6 is 11.6 Å². The van der Waals surface area contributed by atoms with E-state index in [2.05, 4.69) is 10.6 Å². The predicted octanol–water partition coefficient (Wildman–Crippen LogP) is 4.92. The van der Waals surface area contributed by atoms with Crippen LogP contribution in [-0.4, -0.2) is 30.8 Å². The fourth-order valence-corrected chi connectivity index (χ4v) is 4.18. The van der Waals surface area contributed by atoms with E-state index in [1.54, 1.807) is 54.6 Å². The lowest BCUT2D eigenvalue weighted by Crippen LogP contribution is -2.38. The van der Waals surface area contributed by atoms with Gasteiger partial charge in [0.2, 0.25) is 5.91 Å². The third-order valence-corrected chi connectivity index (χ3v) is 6.58. The first-order chi connectivity index (χ1) is 17.6. The van der Waals surface area contributed by atoms with E-state index in [1.165, 1.54) is 17.0 Å². The number of fused-ring (bicyclic) bond motifs is 1. The number of carbonyl (C=O) groups is 3. The van der Waals surface area contributed by atoms with Crippen LogP contribution in [0.4, 0.5) is 15.8 Å². The van der Waals surface area contributed by atoms with Crippen molar-refractivity contribution in [2.24, 2.45) is 11.1 Å². The minimum Gasteiger partial charge on any atom is -0.351 e. The van der Waals surface area contributed by atoms with Crippen LogP contribution in [0, 0.1) is 11.2 Å². The zero-order chi connectivity index (χ0) is 26.7. The van der Waals surface area contributed by atoms with E-state index in [1.807, 2.05) is 13.8 Å². The van der Waals surface area contributed by atoms with E-state index in [0.29, 0.717) is 46.2 Å². The van der Waals surface area contributed by atoms with E-state index in [-0.39, 0.29) is 29.6 Å². The summed E-state index contributed by atoms with van der Waals surface area (Å²) in [6.45, 7) is 4.67. The number of carbonyl (C=O) groups excluding carboxylic acids is 3. The number of nitrogens with zero attached hydrogens (tertiary/aromatic N) is 1. The summed E-state index contributed by atoms with van der Waals surface area (Å²) in [5.41, 5.74) is 7.50. The minimum absolute atomic E-state index is 0.0636. The minimum atomic E-state index is -0.713. The first-order valence-corrected chi connectivity index (χ1v) is 12.2. The van der Waals surface area contributed by atoms with Gasteiger partial charge in [0.15, 0.2) is 0 Å². The highest BCUT2D eigenvalue weighted by Crippen LogP contribution is 2.40. The van der Waals surface area contributed by atoms with E-state index >= 15 is 0 Å². The Labute approximate surface area is 219 Å². The molecule has 37 heavy (non-hydrogen) atoms. The summed E-state index contributed by atoms with van der Waals surface area (Å²) in [4.78, 5) is 41.2. The Hall–Kier alpha value is -3.75. The van der Waals surface area contributed by atoms with Gasteiger partial charge in [-0.05, 0) is 72.1 Å². The maximum absolute atomic E-state index is 13.8. The molecule has 3 aromatic carbocycles. The lowest BCUT2D eigenvalue weighted by molar-refractivity contribution is -0.116. The highest BCUT2D eigenvalue weighted by molar-refractivity contribution is 6.30. The molecule has 4 N–H and O–H groups in total. The molecule has 1 unspecified atom stereocenters. The van der Waals surface area contributed by atoms with Crippen molar-refractivity contribution in [2.75, 3.05) is 23.3 Å². The van der Waals surface area contributed by atoms with Gasteiger partial charge in [-0.1, -0.05) is 37.6 Å². The first-order valence-electron chi connectivity index (χ1n) is 11.8. The molecule has 0 aromatic heterocycles. The standard InChI is InChI=1S/C28H28ClFN4O3/c1-28(2,15-31)16-32-26(36)19-7-12-23-22(13-19)33-25(35)14-24(17-5-10-21(30)11-6-17)34(23)27(37)18-3-8-20(29)9-4-18/h3-13,24H,14-16,31H2,1-2H3,(H,32,36)(H,33,35). The highest BCUT2D eigenvalue weighted by atomic mass is 35.5. The maximum Gasteiger partial charge on any atom is 0.258 e. The average molecular weight is 523 g/mol. The summed E-state index contributed by atoms with van der Waals surface area (Å²) >= 11 is 6.02. The lowest BCUT2D eigenvalue weighted by Gasteiger charge is -2.31. The van der Waals surface area contributed by atoms with Crippen molar-refractivity contribution in [3.05, 3.63) is 94.3 Å². The molecular formula is C28H28ClFN4O3. The van der Waals surface area contributed by atoms with Crippen molar-refractivity contribution in [1.29, 1.82) is 0 Å². The number of rotatable bonds is 6. The van der Waals surface area contributed by atoms with Crippen LogP contribution < -0.4 is 21.3 Å². The van der Waals surface area contributed by atoms with Gasteiger partial charge in [-0.25, -0.2) is 4.39 Å². The summed E-state index contributed by atoms with van der Waals surface area (Å²) < 4.78 is 13.7. The number of amides is 3. The highest BCUT2D eigenvalue weighted by Gasteiger charge is 2.34. The fraction of sp³-hybridized carbons (Fsp3) is 0.250. The molecule has 0 saturated heterocycles. The quantitative estimate of drug-likeness (QED) is 0.427. The largest absolute Gasteiger partial charge is 0.351 e. The predicted molar refractivity (Wildman–Crippen MR) is 142 cm³/mol. The molecule has 9 heteroatoms. The van der Waals surface area contributed by atoms with Gasteiger partial charge in [-0.15, -0.1) is 0 Å². The number of hydrogen-bond donors (Lipinski definition) is 3. The Bertz CT molecular complexity index is 1330. The summed E-state index contributed by atoms with van der Waals surface area (Å²) in [5, 5.41) is 6.18. The Balaban J connectivity index is 1.77. The number of nitrogens with one attached hydrogen (secondary N) is 2. The molecule has 0 fully saturated rings. The van der Waals surface area contributed by atoms with Crippen molar-refractivity contribution < 1.29 is 18.8 Å². The number of benzene rings is 3. The Morgan fingerprint density at radius 3 is 2.38 bits per heavy atom. The number of anilines is 2. The van der Waals surface area contributed by atoms with Gasteiger partial charge < -0.3 is 16.4 Å². The zero-order valence-electron chi connectivity index (χ0n) is 20.6. The number of nitrogens with two attached hydrogens (primary N) is 1. The van der Waals surface area contributed by atoms with Crippen LogP contribution in [-0.2, 0) is 4.79 Å². The van der Waals surface area contributed by atoms with Crippen molar-refractivity contribution in [2.45, 2.75) is 26.3 Å². The second-order valence-electron chi connectivity index (χ2n) is 9.78. The molecule has 1 aliphatic rings. The van der Waals surface area contributed by atoms with E-state index in [0.717, 1.165) is 0 Å². The van der Waals surface area contributed by atoms with Gasteiger partial charge in [0, 0.05) is 22.7 Å². The molecule has 0 bridgehead atoms. The van der Waals surface area contributed by atoms with Crippen LogP contribution in [0.25, 0.3) is 0 Å². The van der Waals surface area contributed by atoms with Gasteiger partial charge in [0.25, 0.3) is 11.8 Å². The summed E-state index contributed by atoms with van der Waals surface area (Å²) in [6.07, 6.45) is -0.0636. The third-order valence-electron chi connectivity index (χ3n) is 6.33. The van der Waals surface area contributed by atoms with Gasteiger partial charge in [0.05, 0.1) is 23.8 Å². The van der Waals surface area contributed by atoms with Crippen LogP contribution in [0.2, 0.25) is 5.02 Å². The van der Waals surface area contributed by atoms with Crippen molar-refractivity contribution >= 4 is 40.7 Å². The molecule has 3 amide bonds. The second kappa shape index (κ2) is 10.7. The molecule has 1 atom stereocenters. The SMILES string of the molecule is CC(C)(CN)CNC(=O)c1ccc2c(c1)NC(=O)CC(c1ccc(F)cc1)N2C(=O)c1ccc(Cl)cc1. The molecule has 0 saturated carbocycles. The molecule has 1 aliphatic heterocycles. The van der Waals surface area contributed by atoms with Crippen LogP contribution in [0.15, 0.2) is 66.7 Å². The molecular weight excluding hydrogens is 495 g/mol. The van der Waals surface area contributed by atoms with Crippen molar-refractivity contribution in [1.82, 2.24) is 5.32 Å². The normalized spacial score (nSPS) is 15.4. The molecule has 0 radical (unpaired) electrons. The molecule has 3 aromatic rings. The Morgan fingerprint density at radius 2 is 1.73 bits per heavy atom. The van der Waals surface area contributed by atoms with Gasteiger partial charge in [-0.2, -0.15) is 0 Å². The van der Waals surface area contributed by atoms with Gasteiger partial charge >= 0.3 is 0 Å². The molecule has 0 spiro atoms. The monoisotopic (exact) mass is 522 g/mol. The molecule has 0 aliphatic carbocycles. The van der Waals surface area contributed by atoms with Crippen molar-refractivity contribution in [3.63, 3.8) is 0 Å². The molecule has 4 rings (SSSR count). The third kappa shape index (κ3) is 5.98. The zero-order valence-corrected chi connectivity index (χ0v) is 21.3. The van der Waals surface area contributed by atoms with Gasteiger partial charge in [-0.3, -0.25) is 19.3 Å². The lowest BCUT2D eigenvalue weighted by atomic mass is 9.94. The van der Waals surface area contributed by atoms with Crippen LogP contribution in [0.3, 0.4) is 0 Å². The summed E-state index contributed by atoms with van der Waals surface area (Å²) in [5.74, 6) is -1.46. The first kappa shape index (κ1) is 26.3. The average Bonchev–Trinajstić information content (AvgIpc) is 3.03. The second-order valence-corrected chi connectivity index (χ2v) is 10.2. The van der Waals surface area contributed by atoms with Crippen LogP contribution in [0.1, 0.15) is 52.6 Å². The van der Waals surface area contributed by atoms with E-state index in [4.69, 9.17) is 17.3 Å². The fourth-order valence-electron chi connectivity index (χ4n) is 4.05. The Morgan fingerprint density at radius 1 is 1.08 bits per heavy atom. The number of halogens is 2. The van der Waals surface area contributed by atoms with E-state index < -0.39 is 11.9 Å². The topological polar surface area (TPSA) is 105 Å². The van der Waals surface area contributed by atoms with Crippen molar-refractivity contribution in [3.8, 4) is 0 Å². The number of hydrogen-bond acceptors (Lipinski definition) is 4. The molecule has 1 heterocycles. The smallest absolute Gasteiger partial charge is 0.258 e. The maximum atomic E-state index is 13.8. The molecule has 192 valence electrons. The molecule has 7 nitrogen and oxygen atoms in total. The summed E-state index contributed by atoms with van der Waals surface area (Å²) in [7, 11) is 0.